The van der Waals surface area contributed by atoms with Crippen LogP contribution in [0.2, 0.25) is 0 Å². The van der Waals surface area contributed by atoms with Crippen molar-refractivity contribution in [1.82, 2.24) is 0 Å². The number of hydrogen-bond donors (Lipinski definition) is 1. The highest BCUT2D eigenvalue weighted by Crippen LogP contribution is 2.34. The van der Waals surface area contributed by atoms with Crippen LogP contribution in [-0.4, -0.2) is 24.2 Å². The monoisotopic (exact) mass is 287 g/mol. The van der Waals surface area contributed by atoms with Gasteiger partial charge in [0.25, 0.3) is 5.91 Å². The largest absolute Gasteiger partial charge is 0.507 e. The number of phenols is 1. The average Bonchev–Trinajstić information content (AvgIpc) is 2.46. The number of aryl methyl sites for hydroxylation is 1. The molecule has 2 aromatic carbocycles. The summed E-state index contributed by atoms with van der Waals surface area (Å²) in [6.07, 6.45) is 0. The van der Waals surface area contributed by atoms with Gasteiger partial charge in [0.15, 0.2) is 0 Å². The molecule has 0 radical (unpaired) electrons. The number of anilines is 1. The molecule has 0 saturated carbocycles. The molecule has 0 fully saturated rings. The molecule has 4 nitrogen and oxygen atoms in total. The van der Waals surface area contributed by atoms with Crippen LogP contribution < -0.4 is 9.64 Å². The SMILES string of the molecule is Cc1ccc2c(c1)OCCN2C(=O)c1c(O)cccc1F. The number of aromatic hydroxyl groups is 1. The number of carbonyl (C=O) groups excluding carboxylic acids is 1. The van der Waals surface area contributed by atoms with Crippen molar-refractivity contribution in [3.63, 3.8) is 0 Å². The van der Waals surface area contributed by atoms with Crippen molar-refractivity contribution in [1.29, 1.82) is 0 Å². The normalized spacial score (nSPS) is 13.5. The first kappa shape index (κ1) is 13.4. The summed E-state index contributed by atoms with van der Waals surface area (Å²) >= 11 is 0. The summed E-state index contributed by atoms with van der Waals surface area (Å²) in [5, 5.41) is 9.77. The van der Waals surface area contributed by atoms with Crippen LogP contribution >= 0.6 is 0 Å². The molecule has 21 heavy (non-hydrogen) atoms. The molecule has 1 aliphatic rings. The van der Waals surface area contributed by atoms with Gasteiger partial charge in [0.1, 0.15) is 29.5 Å². The number of carbonyl (C=O) groups is 1. The second-order valence-corrected chi connectivity index (χ2v) is 4.91. The van der Waals surface area contributed by atoms with E-state index in [1.54, 1.807) is 6.07 Å². The third-order valence-corrected chi connectivity index (χ3v) is 3.43. The molecule has 0 spiro atoms. The van der Waals surface area contributed by atoms with E-state index < -0.39 is 11.7 Å². The van der Waals surface area contributed by atoms with Crippen LogP contribution in [0.5, 0.6) is 11.5 Å². The minimum atomic E-state index is -0.736. The summed E-state index contributed by atoms with van der Waals surface area (Å²) < 4.78 is 19.4. The molecule has 1 amide bonds. The summed E-state index contributed by atoms with van der Waals surface area (Å²) in [5.74, 6) is -1.08. The molecule has 1 heterocycles. The lowest BCUT2D eigenvalue weighted by Gasteiger charge is -2.30. The van der Waals surface area contributed by atoms with Crippen LogP contribution in [0.4, 0.5) is 10.1 Å². The van der Waals surface area contributed by atoms with Gasteiger partial charge in [-0.1, -0.05) is 12.1 Å². The third kappa shape index (κ3) is 2.31. The van der Waals surface area contributed by atoms with Crippen molar-refractivity contribution < 1.29 is 19.0 Å². The zero-order valence-corrected chi connectivity index (χ0v) is 11.5. The van der Waals surface area contributed by atoms with Crippen LogP contribution in [0.25, 0.3) is 0 Å². The molecule has 1 aliphatic heterocycles. The van der Waals surface area contributed by atoms with Crippen molar-refractivity contribution in [2.75, 3.05) is 18.1 Å². The Bertz CT molecular complexity index is 694. The Balaban J connectivity index is 2.05. The van der Waals surface area contributed by atoms with Gasteiger partial charge in [0.2, 0.25) is 0 Å². The minimum absolute atomic E-state index is 0.308. The van der Waals surface area contributed by atoms with Crippen LogP contribution in [0.3, 0.4) is 0 Å². The van der Waals surface area contributed by atoms with Gasteiger partial charge in [-0.25, -0.2) is 4.39 Å². The highest BCUT2D eigenvalue weighted by Gasteiger charge is 2.28. The lowest BCUT2D eigenvalue weighted by atomic mass is 10.1. The fourth-order valence-electron chi connectivity index (χ4n) is 2.40. The fraction of sp³-hybridized carbons (Fsp3) is 0.188. The number of nitrogens with zero attached hydrogens (tertiary/aromatic N) is 1. The van der Waals surface area contributed by atoms with Crippen molar-refractivity contribution in [3.8, 4) is 11.5 Å². The van der Waals surface area contributed by atoms with E-state index >= 15 is 0 Å². The summed E-state index contributed by atoms with van der Waals surface area (Å²) in [4.78, 5) is 14.0. The zero-order valence-electron chi connectivity index (χ0n) is 11.5. The van der Waals surface area contributed by atoms with Crippen molar-refractivity contribution in [3.05, 3.63) is 53.3 Å². The molecular weight excluding hydrogens is 273 g/mol. The van der Waals surface area contributed by atoms with E-state index in [0.29, 0.717) is 24.6 Å². The number of rotatable bonds is 1. The lowest BCUT2D eigenvalue weighted by molar-refractivity contribution is 0.0970. The van der Waals surface area contributed by atoms with Gasteiger partial charge in [-0.05, 0) is 36.8 Å². The second kappa shape index (κ2) is 5.09. The minimum Gasteiger partial charge on any atom is -0.507 e. The van der Waals surface area contributed by atoms with Gasteiger partial charge >= 0.3 is 0 Å². The van der Waals surface area contributed by atoms with E-state index in [1.165, 1.54) is 17.0 Å². The molecule has 0 atom stereocenters. The van der Waals surface area contributed by atoms with Gasteiger partial charge in [0, 0.05) is 0 Å². The molecule has 0 aromatic heterocycles. The predicted octanol–water partition coefficient (Wildman–Crippen LogP) is 2.88. The van der Waals surface area contributed by atoms with E-state index in [1.807, 2.05) is 19.1 Å². The number of amides is 1. The standard InChI is InChI=1S/C16H14FNO3/c1-10-5-6-12-14(9-10)21-8-7-18(12)16(20)15-11(17)3-2-4-13(15)19/h2-6,9,19H,7-8H2,1H3. The molecule has 0 aliphatic carbocycles. The Morgan fingerprint density at radius 2 is 2.14 bits per heavy atom. The highest BCUT2D eigenvalue weighted by molar-refractivity contribution is 6.09. The number of benzene rings is 2. The van der Waals surface area contributed by atoms with E-state index in [-0.39, 0.29) is 11.3 Å². The molecule has 0 bridgehead atoms. The molecule has 0 unspecified atom stereocenters. The van der Waals surface area contributed by atoms with Crippen molar-refractivity contribution in [2.45, 2.75) is 6.92 Å². The molecule has 3 rings (SSSR count). The maximum Gasteiger partial charge on any atom is 0.265 e. The van der Waals surface area contributed by atoms with Gasteiger partial charge in [0.05, 0.1) is 12.2 Å². The Morgan fingerprint density at radius 3 is 2.90 bits per heavy atom. The number of ether oxygens (including phenoxy) is 1. The number of fused-ring (bicyclic) bond motifs is 1. The average molecular weight is 287 g/mol. The number of phenolic OH excluding ortho intramolecular Hbond substituents is 1. The molecular formula is C16H14FNO3. The zero-order chi connectivity index (χ0) is 15.0. The molecule has 108 valence electrons. The molecule has 0 saturated heterocycles. The van der Waals surface area contributed by atoms with E-state index in [9.17, 15) is 14.3 Å². The van der Waals surface area contributed by atoms with Gasteiger partial charge < -0.3 is 14.7 Å². The Kier molecular flexibility index (Phi) is 3.25. The Labute approximate surface area is 121 Å². The highest BCUT2D eigenvalue weighted by atomic mass is 19.1. The van der Waals surface area contributed by atoms with Crippen molar-refractivity contribution >= 4 is 11.6 Å². The van der Waals surface area contributed by atoms with Crippen LogP contribution in [0.15, 0.2) is 36.4 Å². The first-order valence-electron chi connectivity index (χ1n) is 6.61. The van der Waals surface area contributed by atoms with E-state index in [4.69, 9.17) is 4.74 Å². The molecule has 2 aromatic rings. The molecule has 1 N–H and O–H groups in total. The smallest absolute Gasteiger partial charge is 0.265 e. The van der Waals surface area contributed by atoms with Crippen molar-refractivity contribution in [2.24, 2.45) is 0 Å². The summed E-state index contributed by atoms with van der Waals surface area (Å²) in [5.41, 5.74) is 1.28. The Hall–Kier alpha value is -2.56. The Morgan fingerprint density at radius 1 is 1.33 bits per heavy atom. The number of halogens is 1. The van der Waals surface area contributed by atoms with E-state index in [0.717, 1.165) is 11.6 Å². The van der Waals surface area contributed by atoms with Gasteiger partial charge in [-0.3, -0.25) is 4.79 Å². The topological polar surface area (TPSA) is 49.8 Å². The quantitative estimate of drug-likeness (QED) is 0.877. The van der Waals surface area contributed by atoms with Gasteiger partial charge in [-0.2, -0.15) is 0 Å². The first-order chi connectivity index (χ1) is 10.1. The van der Waals surface area contributed by atoms with E-state index in [2.05, 4.69) is 0 Å². The molecule has 5 heteroatoms. The summed E-state index contributed by atoms with van der Waals surface area (Å²) in [6.45, 7) is 2.56. The summed E-state index contributed by atoms with van der Waals surface area (Å²) in [6, 6.07) is 9.26. The third-order valence-electron chi connectivity index (χ3n) is 3.43. The fourth-order valence-corrected chi connectivity index (χ4v) is 2.40. The van der Waals surface area contributed by atoms with Crippen LogP contribution in [0, 0.1) is 12.7 Å². The maximum absolute atomic E-state index is 13.9. The predicted molar refractivity (Wildman–Crippen MR) is 76.4 cm³/mol. The van der Waals surface area contributed by atoms with Crippen LogP contribution in [0.1, 0.15) is 15.9 Å². The summed E-state index contributed by atoms with van der Waals surface area (Å²) in [7, 11) is 0. The first-order valence-corrected chi connectivity index (χ1v) is 6.61. The number of hydrogen-bond acceptors (Lipinski definition) is 3. The van der Waals surface area contributed by atoms with Crippen LogP contribution in [-0.2, 0) is 0 Å². The lowest BCUT2D eigenvalue weighted by Crippen LogP contribution is -2.38. The maximum atomic E-state index is 13.9. The second-order valence-electron chi connectivity index (χ2n) is 4.91. The van der Waals surface area contributed by atoms with Gasteiger partial charge in [-0.15, -0.1) is 0 Å².